The van der Waals surface area contributed by atoms with Gasteiger partial charge in [-0.05, 0) is 49.0 Å². The van der Waals surface area contributed by atoms with Crippen molar-refractivity contribution in [1.29, 1.82) is 0 Å². The summed E-state index contributed by atoms with van der Waals surface area (Å²) in [5.41, 5.74) is 3.62. The highest BCUT2D eigenvalue weighted by Crippen LogP contribution is 2.34. The summed E-state index contributed by atoms with van der Waals surface area (Å²) < 4.78 is 24.3. The van der Waals surface area contributed by atoms with Gasteiger partial charge in [-0.1, -0.05) is 12.1 Å². The minimum atomic E-state index is -0.209. The van der Waals surface area contributed by atoms with Crippen molar-refractivity contribution in [2.45, 2.75) is 25.9 Å². The van der Waals surface area contributed by atoms with Gasteiger partial charge < -0.3 is 25.0 Å². The summed E-state index contributed by atoms with van der Waals surface area (Å²) in [6, 6.07) is 11.1. The summed E-state index contributed by atoms with van der Waals surface area (Å²) in [5, 5.41) is 7.15. The molecule has 29 heavy (non-hydrogen) atoms. The Morgan fingerprint density at radius 1 is 1.14 bits per heavy atom. The maximum Gasteiger partial charge on any atom is 0.166 e. The highest BCUT2D eigenvalue weighted by atomic mass is 32.1. The van der Waals surface area contributed by atoms with Crippen LogP contribution in [0.5, 0.6) is 11.5 Å². The van der Waals surface area contributed by atoms with E-state index >= 15 is 0 Å². The molecule has 3 rings (SSSR count). The van der Waals surface area contributed by atoms with Crippen molar-refractivity contribution in [2.24, 2.45) is 0 Å². The van der Waals surface area contributed by atoms with Crippen molar-refractivity contribution in [3.63, 3.8) is 0 Å². The van der Waals surface area contributed by atoms with Gasteiger partial charge in [0.25, 0.3) is 0 Å². The number of halogens is 1. The zero-order valence-electron chi connectivity index (χ0n) is 17.2. The molecule has 0 fully saturated rings. The minimum Gasteiger partial charge on any atom is -0.493 e. The van der Waals surface area contributed by atoms with Gasteiger partial charge in [-0.15, -0.1) is 0 Å². The molecule has 1 aliphatic heterocycles. The number of quaternary nitrogens is 1. The molecule has 0 aliphatic carbocycles. The second-order valence-corrected chi connectivity index (χ2v) is 7.57. The van der Waals surface area contributed by atoms with E-state index in [-0.39, 0.29) is 11.9 Å². The first-order chi connectivity index (χ1) is 14.0. The first-order valence-electron chi connectivity index (χ1n) is 9.91. The molecule has 0 radical (unpaired) electrons. The van der Waals surface area contributed by atoms with Gasteiger partial charge >= 0.3 is 0 Å². The van der Waals surface area contributed by atoms with Crippen LogP contribution in [-0.4, -0.2) is 39.0 Å². The highest BCUT2D eigenvalue weighted by Gasteiger charge is 2.32. The van der Waals surface area contributed by atoms with Crippen LogP contribution >= 0.6 is 12.2 Å². The molecule has 2 atom stereocenters. The highest BCUT2D eigenvalue weighted by molar-refractivity contribution is 7.80. The Hall–Kier alpha value is -2.38. The molecule has 7 heteroatoms. The van der Waals surface area contributed by atoms with E-state index in [2.05, 4.69) is 22.8 Å². The molecular formula is C22H29FN3O2S+. The first-order valence-corrected chi connectivity index (χ1v) is 10.3. The molecule has 1 heterocycles. The Balaban J connectivity index is 1.89. The van der Waals surface area contributed by atoms with Crippen LogP contribution in [0.3, 0.4) is 0 Å². The summed E-state index contributed by atoms with van der Waals surface area (Å²) in [6.07, 6.45) is 0.945. The predicted octanol–water partition coefficient (Wildman–Crippen LogP) is 2.01. The summed E-state index contributed by atoms with van der Waals surface area (Å²) in [4.78, 5) is 1.41. The van der Waals surface area contributed by atoms with Crippen LogP contribution in [0.2, 0.25) is 0 Å². The smallest absolute Gasteiger partial charge is 0.166 e. The molecule has 156 valence electrons. The molecule has 2 aromatic carbocycles. The van der Waals surface area contributed by atoms with Crippen LogP contribution < -0.4 is 25.0 Å². The van der Waals surface area contributed by atoms with E-state index in [4.69, 9.17) is 21.7 Å². The quantitative estimate of drug-likeness (QED) is 0.601. The van der Waals surface area contributed by atoms with E-state index in [1.165, 1.54) is 28.2 Å². The van der Waals surface area contributed by atoms with Crippen LogP contribution in [0.25, 0.3) is 0 Å². The monoisotopic (exact) mass is 418 g/mol. The minimum absolute atomic E-state index is 0.181. The number of nitrogens with one attached hydrogen (secondary N) is 3. The topological polar surface area (TPSA) is 47.0 Å². The van der Waals surface area contributed by atoms with Gasteiger partial charge in [0.05, 0.1) is 27.3 Å². The number of methoxy groups -OCH3 is 2. The van der Waals surface area contributed by atoms with Gasteiger partial charge in [-0.25, -0.2) is 4.39 Å². The van der Waals surface area contributed by atoms with Crippen LogP contribution in [0.1, 0.15) is 29.7 Å². The second kappa shape index (κ2) is 9.89. The van der Waals surface area contributed by atoms with Crippen LogP contribution in [0, 0.1) is 5.82 Å². The van der Waals surface area contributed by atoms with Gasteiger partial charge in [0.15, 0.2) is 16.6 Å². The maximum absolute atomic E-state index is 13.3. The summed E-state index contributed by atoms with van der Waals surface area (Å²) >= 11 is 5.37. The lowest BCUT2D eigenvalue weighted by Gasteiger charge is -2.35. The van der Waals surface area contributed by atoms with E-state index < -0.39 is 0 Å². The third kappa shape index (κ3) is 5.16. The van der Waals surface area contributed by atoms with E-state index in [0.29, 0.717) is 11.7 Å². The number of ether oxygens (including phenoxy) is 2. The van der Waals surface area contributed by atoms with Crippen molar-refractivity contribution < 1.29 is 18.8 Å². The van der Waals surface area contributed by atoms with Crippen LogP contribution in [0.15, 0.2) is 36.4 Å². The Bertz CT molecular complexity index is 845. The number of thiocarbonyl (C=S) groups is 1. The summed E-state index contributed by atoms with van der Waals surface area (Å²) in [6.45, 7) is 5.29. The summed E-state index contributed by atoms with van der Waals surface area (Å²) in [7, 11) is 3.32. The largest absolute Gasteiger partial charge is 0.493 e. The second-order valence-electron chi connectivity index (χ2n) is 7.16. The van der Waals surface area contributed by atoms with E-state index in [1.54, 1.807) is 14.2 Å². The van der Waals surface area contributed by atoms with Crippen molar-refractivity contribution in [3.05, 3.63) is 58.9 Å². The van der Waals surface area contributed by atoms with Gasteiger partial charge in [0, 0.05) is 24.1 Å². The van der Waals surface area contributed by atoms with Crippen LogP contribution in [-0.2, 0) is 13.0 Å². The third-order valence-corrected chi connectivity index (χ3v) is 5.67. The normalized spacial score (nSPS) is 17.9. The molecular weight excluding hydrogens is 389 g/mol. The molecule has 5 nitrogen and oxygen atoms in total. The van der Waals surface area contributed by atoms with Crippen molar-refractivity contribution in [1.82, 2.24) is 10.6 Å². The fourth-order valence-corrected chi connectivity index (χ4v) is 4.14. The SMILES string of the molecule is CCNC(=S)NC[C@@H]1c2cc(OC)c(OC)cc2CC[NH+]1Cc1ccc(F)cc1. The number of rotatable bonds is 7. The number of hydrogen-bond acceptors (Lipinski definition) is 3. The lowest BCUT2D eigenvalue weighted by molar-refractivity contribution is -0.945. The zero-order valence-corrected chi connectivity index (χ0v) is 18.0. The van der Waals surface area contributed by atoms with E-state index in [1.807, 2.05) is 19.1 Å². The number of benzene rings is 2. The molecule has 3 N–H and O–H groups in total. The lowest BCUT2D eigenvalue weighted by atomic mass is 9.91. The number of hydrogen-bond donors (Lipinski definition) is 3. The van der Waals surface area contributed by atoms with Gasteiger partial charge in [-0.3, -0.25) is 0 Å². The molecule has 1 aliphatic rings. The molecule has 1 unspecified atom stereocenters. The third-order valence-electron chi connectivity index (χ3n) is 5.38. The molecule has 2 aromatic rings. The van der Waals surface area contributed by atoms with Crippen molar-refractivity contribution in [2.75, 3.05) is 33.9 Å². The van der Waals surface area contributed by atoms with Gasteiger partial charge in [0.1, 0.15) is 18.4 Å². The molecule has 0 amide bonds. The molecule has 0 saturated carbocycles. The lowest BCUT2D eigenvalue weighted by Crippen LogP contribution is -3.12. The maximum atomic E-state index is 13.3. The average molecular weight is 419 g/mol. The van der Waals surface area contributed by atoms with E-state index in [9.17, 15) is 4.39 Å². The Morgan fingerprint density at radius 3 is 2.48 bits per heavy atom. The van der Waals surface area contributed by atoms with Crippen molar-refractivity contribution in [3.8, 4) is 11.5 Å². The van der Waals surface area contributed by atoms with Crippen LogP contribution in [0.4, 0.5) is 4.39 Å². The Kier molecular flexibility index (Phi) is 7.28. The average Bonchev–Trinajstić information content (AvgIpc) is 2.73. The van der Waals surface area contributed by atoms with Gasteiger partial charge in [0.2, 0.25) is 0 Å². The van der Waals surface area contributed by atoms with Gasteiger partial charge in [-0.2, -0.15) is 0 Å². The summed E-state index contributed by atoms with van der Waals surface area (Å²) in [5.74, 6) is 1.27. The Labute approximate surface area is 177 Å². The standard InChI is InChI=1S/C22H28FN3O2S/c1-4-24-22(29)25-13-19-18-12-21(28-3)20(27-2)11-16(18)9-10-26(19)14-15-5-7-17(23)8-6-15/h5-8,11-12,19H,4,9-10,13-14H2,1-3H3,(H2,24,25,29)/p+1/t19-/m1/s1. The molecule has 0 saturated heterocycles. The van der Waals surface area contributed by atoms with E-state index in [0.717, 1.165) is 43.1 Å². The molecule has 0 bridgehead atoms. The first kappa shape index (κ1) is 21.3. The Morgan fingerprint density at radius 2 is 1.83 bits per heavy atom. The fraction of sp³-hybridized carbons (Fsp3) is 0.409. The molecule has 0 spiro atoms. The number of fused-ring (bicyclic) bond motifs is 1. The zero-order chi connectivity index (χ0) is 20.8. The van der Waals surface area contributed by atoms with Crippen molar-refractivity contribution >= 4 is 17.3 Å². The fourth-order valence-electron chi connectivity index (χ4n) is 3.92. The molecule has 0 aromatic heterocycles. The predicted molar refractivity (Wildman–Crippen MR) is 116 cm³/mol.